The molecule has 5 rings (SSSR count). The Hall–Kier alpha value is -3.11. The number of piperazine rings is 1. The van der Waals surface area contributed by atoms with Crippen LogP contribution in [0.3, 0.4) is 0 Å². The predicted octanol–water partition coefficient (Wildman–Crippen LogP) is -0.227. The largest absolute Gasteiger partial charge is 0.467 e. The van der Waals surface area contributed by atoms with Crippen molar-refractivity contribution >= 4 is 17.7 Å². The molecule has 1 aliphatic carbocycles. The van der Waals surface area contributed by atoms with Crippen LogP contribution in [0.15, 0.2) is 45.4 Å². The summed E-state index contributed by atoms with van der Waals surface area (Å²) in [5, 5.41) is 6.37. The van der Waals surface area contributed by atoms with Gasteiger partial charge in [0.05, 0.1) is 36.2 Å². The summed E-state index contributed by atoms with van der Waals surface area (Å²) in [6.07, 6.45) is 0.592. The number of ketones is 2. The highest BCUT2D eigenvalue weighted by Gasteiger charge is 2.72. The van der Waals surface area contributed by atoms with Gasteiger partial charge in [-0.25, -0.2) is 4.79 Å². The molecular formula is C20H22N4O6. The minimum atomic E-state index is -0.979. The van der Waals surface area contributed by atoms with Gasteiger partial charge in [0.25, 0.3) is 0 Å². The number of hydrogen-bond acceptors (Lipinski definition) is 9. The Morgan fingerprint density at radius 1 is 1.43 bits per heavy atom. The number of carbonyl (C=O) groups excluding carboxylic acids is 3. The number of nitrogens with two attached hydrogens (primary N) is 1. The van der Waals surface area contributed by atoms with Gasteiger partial charge in [0, 0.05) is 30.8 Å². The van der Waals surface area contributed by atoms with Crippen LogP contribution in [0.2, 0.25) is 0 Å². The van der Waals surface area contributed by atoms with Crippen molar-refractivity contribution < 1.29 is 28.3 Å². The van der Waals surface area contributed by atoms with Crippen LogP contribution in [-0.2, 0) is 25.6 Å². The molecule has 3 aliphatic heterocycles. The molecule has 2 saturated heterocycles. The van der Waals surface area contributed by atoms with Gasteiger partial charge in [0.1, 0.15) is 12.4 Å². The Bertz CT molecular complexity index is 1010. The first-order valence-corrected chi connectivity index (χ1v) is 9.72. The second kappa shape index (κ2) is 6.44. The number of Topliss-reactive ketones (excluding diaryl/α,β-unsaturated/α-hetero) is 2. The van der Waals surface area contributed by atoms with E-state index < -0.39 is 17.7 Å². The normalized spacial score (nSPS) is 31.7. The summed E-state index contributed by atoms with van der Waals surface area (Å²) in [6, 6.07) is 3.60. The lowest BCUT2D eigenvalue weighted by Crippen LogP contribution is -2.55. The van der Waals surface area contributed by atoms with Crippen molar-refractivity contribution in [1.29, 1.82) is 0 Å². The molecule has 4 heterocycles. The molecule has 0 unspecified atom stereocenters. The fraction of sp³-hybridized carbons (Fsp3) is 0.450. The molecule has 30 heavy (non-hydrogen) atoms. The molecule has 1 amide bonds. The first-order chi connectivity index (χ1) is 14.4. The van der Waals surface area contributed by atoms with Gasteiger partial charge in [-0.15, -0.1) is 0 Å². The van der Waals surface area contributed by atoms with E-state index in [2.05, 4.69) is 10.6 Å². The number of nitrogens with zero attached hydrogens (tertiary/aromatic N) is 1. The number of ether oxygens (including phenoxy) is 2. The first kappa shape index (κ1) is 18.9. The highest BCUT2D eigenvalue weighted by Crippen LogP contribution is 2.55. The molecule has 0 saturated carbocycles. The molecule has 2 fully saturated rings. The molecule has 0 spiro atoms. The molecule has 4 atom stereocenters. The van der Waals surface area contributed by atoms with Gasteiger partial charge in [0.15, 0.2) is 5.72 Å². The number of nitrogens with one attached hydrogen (secondary N) is 2. The molecular weight excluding hydrogens is 392 g/mol. The van der Waals surface area contributed by atoms with Crippen molar-refractivity contribution in [2.75, 3.05) is 20.3 Å². The summed E-state index contributed by atoms with van der Waals surface area (Å²) < 4.78 is 16.3. The maximum atomic E-state index is 13.6. The van der Waals surface area contributed by atoms with E-state index in [0.717, 1.165) is 0 Å². The average Bonchev–Trinajstić information content (AvgIpc) is 3.08. The molecule has 0 aromatic carbocycles. The van der Waals surface area contributed by atoms with Crippen LogP contribution >= 0.6 is 0 Å². The van der Waals surface area contributed by atoms with E-state index in [1.807, 2.05) is 4.90 Å². The van der Waals surface area contributed by atoms with Crippen LogP contribution < -0.4 is 16.4 Å². The minimum Gasteiger partial charge on any atom is -0.467 e. The molecule has 10 heteroatoms. The van der Waals surface area contributed by atoms with Crippen LogP contribution in [0.5, 0.6) is 0 Å². The first-order valence-electron chi connectivity index (χ1n) is 9.72. The Labute approximate surface area is 172 Å². The molecule has 10 nitrogen and oxygen atoms in total. The number of fused-ring (bicyclic) bond motifs is 4. The molecule has 0 radical (unpaired) electrons. The number of furan rings is 1. The molecule has 0 bridgehead atoms. The van der Waals surface area contributed by atoms with E-state index in [1.165, 1.54) is 13.4 Å². The maximum Gasteiger partial charge on any atom is 0.404 e. The number of allylic oxidation sites excluding steroid dienone is 2. The fourth-order valence-corrected chi connectivity index (χ4v) is 5.09. The summed E-state index contributed by atoms with van der Waals surface area (Å²) in [6.45, 7) is 2.26. The van der Waals surface area contributed by atoms with Crippen LogP contribution in [0, 0.1) is 5.92 Å². The Morgan fingerprint density at radius 3 is 2.90 bits per heavy atom. The van der Waals surface area contributed by atoms with Crippen LogP contribution in [0.25, 0.3) is 0 Å². The van der Waals surface area contributed by atoms with E-state index in [-0.39, 0.29) is 42.5 Å². The van der Waals surface area contributed by atoms with Crippen molar-refractivity contribution in [3.8, 4) is 0 Å². The van der Waals surface area contributed by atoms with Crippen molar-refractivity contribution in [2.24, 2.45) is 11.7 Å². The SMILES string of the molecule is CO[C@@]12[C@@H]3N[C@@H]3CN1C1=C(C(=O)C(NCc3ccco3)=C(C)C1=O)[C@@H]2COC(N)=O. The van der Waals surface area contributed by atoms with Gasteiger partial charge in [-0.05, 0) is 19.1 Å². The standard InChI is InChI=1S/C20H22N4O6/c1-9-14(22-6-10-4-3-5-29-10)17(26)13-11(8-30-19(21)27)20(28-2)18-12(23-18)7-24(20)15(13)16(9)25/h3-5,11-12,18,22-23H,6-8H2,1-2H3,(H2,21,27)/t11-,12+,18+,20-/m0/s1. The molecule has 1 aromatic rings. The third-order valence-electron chi connectivity index (χ3n) is 6.45. The van der Waals surface area contributed by atoms with Crippen molar-refractivity contribution in [3.63, 3.8) is 0 Å². The smallest absolute Gasteiger partial charge is 0.404 e. The lowest BCUT2D eigenvalue weighted by molar-refractivity contribution is -0.137. The number of amides is 1. The van der Waals surface area contributed by atoms with Gasteiger partial charge >= 0.3 is 6.09 Å². The Balaban J connectivity index is 1.53. The summed E-state index contributed by atoms with van der Waals surface area (Å²) in [4.78, 5) is 40.1. The summed E-state index contributed by atoms with van der Waals surface area (Å²) in [5.41, 5.74) is 5.38. The van der Waals surface area contributed by atoms with Crippen LogP contribution in [-0.4, -0.2) is 60.6 Å². The van der Waals surface area contributed by atoms with E-state index in [9.17, 15) is 14.4 Å². The van der Waals surface area contributed by atoms with Gasteiger partial charge in [-0.2, -0.15) is 0 Å². The van der Waals surface area contributed by atoms with Gasteiger partial charge in [0.2, 0.25) is 11.6 Å². The topological polar surface area (TPSA) is 146 Å². The summed E-state index contributed by atoms with van der Waals surface area (Å²) in [7, 11) is 1.54. The number of primary amides is 1. The van der Waals surface area contributed by atoms with Gasteiger partial charge < -0.3 is 35.2 Å². The zero-order chi connectivity index (χ0) is 21.2. The van der Waals surface area contributed by atoms with Crippen LogP contribution in [0.1, 0.15) is 12.7 Å². The molecule has 158 valence electrons. The molecule has 4 N–H and O–H groups in total. The fourth-order valence-electron chi connectivity index (χ4n) is 5.09. The number of carbonyl (C=O) groups is 3. The van der Waals surface area contributed by atoms with Crippen molar-refractivity contribution in [1.82, 2.24) is 15.5 Å². The van der Waals surface area contributed by atoms with E-state index >= 15 is 0 Å². The number of rotatable bonds is 6. The minimum absolute atomic E-state index is 0.0741. The molecule has 1 aromatic heterocycles. The monoisotopic (exact) mass is 414 g/mol. The lowest BCUT2D eigenvalue weighted by Gasteiger charge is -2.39. The Kier molecular flexibility index (Phi) is 4.06. The predicted molar refractivity (Wildman–Crippen MR) is 101 cm³/mol. The zero-order valence-corrected chi connectivity index (χ0v) is 16.6. The van der Waals surface area contributed by atoms with Gasteiger partial charge in [-0.3, -0.25) is 9.59 Å². The second-order valence-electron chi connectivity index (χ2n) is 7.85. The van der Waals surface area contributed by atoms with Crippen molar-refractivity contribution in [3.05, 3.63) is 46.7 Å². The van der Waals surface area contributed by atoms with E-state index in [0.29, 0.717) is 29.1 Å². The Morgan fingerprint density at radius 2 is 2.23 bits per heavy atom. The molecule has 4 aliphatic rings. The second-order valence-corrected chi connectivity index (χ2v) is 7.85. The quantitative estimate of drug-likeness (QED) is 0.424. The summed E-state index contributed by atoms with van der Waals surface area (Å²) in [5.74, 6) is -0.570. The van der Waals surface area contributed by atoms with E-state index in [1.54, 1.807) is 19.1 Å². The van der Waals surface area contributed by atoms with Crippen LogP contribution in [0.4, 0.5) is 4.79 Å². The van der Waals surface area contributed by atoms with E-state index in [4.69, 9.17) is 19.6 Å². The third-order valence-corrected chi connectivity index (χ3v) is 6.45. The number of hydrogen-bond donors (Lipinski definition) is 3. The highest BCUT2D eigenvalue weighted by atomic mass is 16.6. The number of methoxy groups -OCH3 is 1. The average molecular weight is 414 g/mol. The maximum absolute atomic E-state index is 13.6. The van der Waals surface area contributed by atoms with Gasteiger partial charge in [-0.1, -0.05) is 0 Å². The summed E-state index contributed by atoms with van der Waals surface area (Å²) >= 11 is 0. The lowest BCUT2D eigenvalue weighted by atomic mass is 9.82. The van der Waals surface area contributed by atoms with Crippen molar-refractivity contribution in [2.45, 2.75) is 31.3 Å². The zero-order valence-electron chi connectivity index (χ0n) is 16.6. The third kappa shape index (κ3) is 2.40. The highest BCUT2D eigenvalue weighted by molar-refractivity contribution is 6.25.